The molecule has 0 aromatic rings. The largest absolute Gasteiger partial charge is 0.328 e. The molecule has 3 nitrogen and oxygen atoms in total. The fraction of sp³-hybridized carbons (Fsp3) is 1.00. The van der Waals surface area contributed by atoms with E-state index in [1.807, 2.05) is 0 Å². The van der Waals surface area contributed by atoms with Crippen LogP contribution >= 0.6 is 0 Å². The molecule has 2 aliphatic rings. The van der Waals surface area contributed by atoms with Crippen LogP contribution in [0.4, 0.5) is 0 Å². The Kier molecular flexibility index (Phi) is 3.88. The molecule has 2 aliphatic heterocycles. The van der Waals surface area contributed by atoms with Crippen LogP contribution in [0.25, 0.3) is 0 Å². The zero-order valence-corrected chi connectivity index (χ0v) is 11.1. The highest BCUT2D eigenvalue weighted by Crippen LogP contribution is 2.21. The maximum atomic E-state index is 6.10. The summed E-state index contributed by atoms with van der Waals surface area (Å²) in [6.45, 7) is 7.13. The molecule has 0 radical (unpaired) electrons. The third kappa shape index (κ3) is 3.44. The molecule has 3 heteroatoms. The van der Waals surface area contributed by atoms with Crippen molar-refractivity contribution < 1.29 is 9.32 Å². The van der Waals surface area contributed by atoms with Gasteiger partial charge >= 0.3 is 0 Å². The molecule has 0 saturated carbocycles. The standard InChI is InChI=1S/C13H27N2O/c1-12-4-8-14(9-5-12)16-13-6-10-15(2,3)11-7-13/h12-13H,4-11H2,1-3H3/q+1. The summed E-state index contributed by atoms with van der Waals surface area (Å²) in [5.74, 6) is 0.891. The Morgan fingerprint density at radius 3 is 2.12 bits per heavy atom. The monoisotopic (exact) mass is 227 g/mol. The summed E-state index contributed by atoms with van der Waals surface area (Å²) >= 11 is 0. The molecule has 0 atom stereocenters. The second-order valence-electron chi connectivity index (χ2n) is 6.30. The maximum Gasteiger partial charge on any atom is 0.0900 e. The van der Waals surface area contributed by atoms with Crippen molar-refractivity contribution in [2.45, 2.75) is 38.7 Å². The van der Waals surface area contributed by atoms with Crippen molar-refractivity contribution in [2.24, 2.45) is 5.92 Å². The highest BCUT2D eigenvalue weighted by molar-refractivity contribution is 4.67. The van der Waals surface area contributed by atoms with E-state index in [-0.39, 0.29) is 0 Å². The van der Waals surface area contributed by atoms with E-state index in [1.165, 1.54) is 38.8 Å². The van der Waals surface area contributed by atoms with Gasteiger partial charge in [-0.1, -0.05) is 6.92 Å². The second-order valence-corrected chi connectivity index (χ2v) is 6.30. The average Bonchev–Trinajstić information content (AvgIpc) is 2.24. The Bertz CT molecular complexity index is 212. The van der Waals surface area contributed by atoms with Crippen molar-refractivity contribution in [2.75, 3.05) is 40.3 Å². The summed E-state index contributed by atoms with van der Waals surface area (Å²) in [7, 11) is 4.64. The van der Waals surface area contributed by atoms with Crippen molar-refractivity contribution >= 4 is 0 Å². The lowest BCUT2D eigenvalue weighted by molar-refractivity contribution is -0.896. The molecule has 2 rings (SSSR count). The summed E-state index contributed by atoms with van der Waals surface area (Å²) in [6, 6.07) is 0. The van der Waals surface area contributed by atoms with Gasteiger partial charge in [-0.2, -0.15) is 5.06 Å². The first-order valence-electron chi connectivity index (χ1n) is 6.79. The topological polar surface area (TPSA) is 12.5 Å². The predicted octanol–water partition coefficient (Wildman–Crippen LogP) is 1.89. The normalized spacial score (nSPS) is 29.4. The van der Waals surface area contributed by atoms with Crippen LogP contribution in [-0.4, -0.2) is 55.9 Å². The molecule has 0 aromatic carbocycles. The zero-order valence-electron chi connectivity index (χ0n) is 11.1. The summed E-state index contributed by atoms with van der Waals surface area (Å²) in [6.07, 6.45) is 5.53. The molecule has 2 heterocycles. The third-order valence-electron chi connectivity index (χ3n) is 4.15. The lowest BCUT2D eigenvalue weighted by Crippen LogP contribution is -2.49. The van der Waals surface area contributed by atoms with Crippen molar-refractivity contribution in [1.82, 2.24) is 5.06 Å². The van der Waals surface area contributed by atoms with Gasteiger partial charge < -0.3 is 4.48 Å². The van der Waals surface area contributed by atoms with Crippen LogP contribution in [0, 0.1) is 5.92 Å². The van der Waals surface area contributed by atoms with Gasteiger partial charge in [-0.05, 0) is 18.8 Å². The lowest BCUT2D eigenvalue weighted by atomic mass is 10.0. The number of hydrogen-bond donors (Lipinski definition) is 0. The number of hydrogen-bond acceptors (Lipinski definition) is 2. The van der Waals surface area contributed by atoms with E-state index in [1.54, 1.807) is 0 Å². The van der Waals surface area contributed by atoms with E-state index in [2.05, 4.69) is 26.1 Å². The molecule has 0 aliphatic carbocycles. The summed E-state index contributed by atoms with van der Waals surface area (Å²) in [5.41, 5.74) is 0. The number of nitrogens with zero attached hydrogens (tertiary/aromatic N) is 2. The number of piperidine rings is 2. The first-order valence-corrected chi connectivity index (χ1v) is 6.79. The van der Waals surface area contributed by atoms with E-state index in [9.17, 15) is 0 Å². The minimum atomic E-state index is 0.486. The van der Waals surface area contributed by atoms with E-state index in [0.717, 1.165) is 23.5 Å². The fourth-order valence-electron chi connectivity index (χ4n) is 2.65. The minimum Gasteiger partial charge on any atom is -0.328 e. The number of rotatable bonds is 2. The Morgan fingerprint density at radius 1 is 1.00 bits per heavy atom. The molecule has 0 spiro atoms. The van der Waals surface area contributed by atoms with E-state index in [4.69, 9.17) is 4.84 Å². The highest BCUT2D eigenvalue weighted by atomic mass is 16.7. The molecule has 94 valence electrons. The van der Waals surface area contributed by atoms with Crippen LogP contribution in [0.1, 0.15) is 32.6 Å². The van der Waals surface area contributed by atoms with Gasteiger partial charge in [0.25, 0.3) is 0 Å². The average molecular weight is 227 g/mol. The van der Waals surface area contributed by atoms with E-state index >= 15 is 0 Å². The Hall–Kier alpha value is -0.120. The molecule has 0 bridgehead atoms. The van der Waals surface area contributed by atoms with Crippen LogP contribution in [0.5, 0.6) is 0 Å². The third-order valence-corrected chi connectivity index (χ3v) is 4.15. The number of hydroxylamine groups is 2. The van der Waals surface area contributed by atoms with Gasteiger partial charge in [0.15, 0.2) is 0 Å². The van der Waals surface area contributed by atoms with Gasteiger partial charge in [0, 0.05) is 25.9 Å². The van der Waals surface area contributed by atoms with Gasteiger partial charge in [0.1, 0.15) is 0 Å². The molecule has 0 unspecified atom stereocenters. The SMILES string of the molecule is CC1CCN(OC2CC[N+](C)(C)CC2)CC1. The summed E-state index contributed by atoms with van der Waals surface area (Å²) < 4.78 is 1.16. The van der Waals surface area contributed by atoms with Crippen LogP contribution in [0.2, 0.25) is 0 Å². The first kappa shape index (κ1) is 12.3. The van der Waals surface area contributed by atoms with E-state index < -0.39 is 0 Å². The molecule has 0 amide bonds. The molecular weight excluding hydrogens is 200 g/mol. The summed E-state index contributed by atoms with van der Waals surface area (Å²) in [5, 5.41) is 2.22. The van der Waals surface area contributed by atoms with Crippen LogP contribution < -0.4 is 0 Å². The second kappa shape index (κ2) is 5.03. The summed E-state index contributed by atoms with van der Waals surface area (Å²) in [4.78, 5) is 6.10. The molecule has 0 aromatic heterocycles. The van der Waals surface area contributed by atoms with Gasteiger partial charge in [-0.15, -0.1) is 0 Å². The Balaban J connectivity index is 1.71. The van der Waals surface area contributed by atoms with Crippen molar-refractivity contribution in [3.8, 4) is 0 Å². The Morgan fingerprint density at radius 2 is 1.56 bits per heavy atom. The predicted molar refractivity (Wildman–Crippen MR) is 65.9 cm³/mol. The Labute approximate surface area is 99.9 Å². The van der Waals surface area contributed by atoms with Crippen molar-refractivity contribution in [3.05, 3.63) is 0 Å². The molecule has 0 N–H and O–H groups in total. The van der Waals surface area contributed by atoms with Crippen molar-refractivity contribution in [1.29, 1.82) is 0 Å². The number of likely N-dealkylation sites (tertiary alicyclic amines) is 1. The van der Waals surface area contributed by atoms with Gasteiger partial charge in [-0.3, -0.25) is 4.84 Å². The minimum absolute atomic E-state index is 0.486. The molecular formula is C13H27N2O+. The quantitative estimate of drug-likeness (QED) is 0.668. The van der Waals surface area contributed by atoms with Crippen LogP contribution in [0.3, 0.4) is 0 Å². The van der Waals surface area contributed by atoms with Crippen LogP contribution in [0.15, 0.2) is 0 Å². The molecule has 2 fully saturated rings. The fourth-order valence-corrected chi connectivity index (χ4v) is 2.65. The van der Waals surface area contributed by atoms with Gasteiger partial charge in [0.2, 0.25) is 0 Å². The van der Waals surface area contributed by atoms with Crippen molar-refractivity contribution in [3.63, 3.8) is 0 Å². The molecule has 2 saturated heterocycles. The first-order chi connectivity index (χ1) is 7.55. The van der Waals surface area contributed by atoms with Gasteiger partial charge in [0.05, 0.1) is 33.3 Å². The van der Waals surface area contributed by atoms with Gasteiger partial charge in [-0.25, -0.2) is 0 Å². The highest BCUT2D eigenvalue weighted by Gasteiger charge is 2.29. The van der Waals surface area contributed by atoms with Crippen LogP contribution in [-0.2, 0) is 4.84 Å². The zero-order chi connectivity index (χ0) is 11.6. The maximum absolute atomic E-state index is 6.10. The smallest absolute Gasteiger partial charge is 0.0900 e. The molecule has 16 heavy (non-hydrogen) atoms. The number of quaternary nitrogens is 1. The lowest BCUT2D eigenvalue weighted by Gasteiger charge is -2.39. The van der Waals surface area contributed by atoms with E-state index in [0.29, 0.717) is 6.10 Å².